The van der Waals surface area contributed by atoms with Crippen molar-refractivity contribution in [3.63, 3.8) is 0 Å². The fraction of sp³-hybridized carbons (Fsp3) is 0.235. The summed E-state index contributed by atoms with van der Waals surface area (Å²) in [5.74, 6) is -1.35. The molecule has 0 saturated heterocycles. The summed E-state index contributed by atoms with van der Waals surface area (Å²) in [5.41, 5.74) is 2.59. The molecule has 0 aliphatic carbocycles. The maximum atomic E-state index is 11.1. The number of anilines is 1. The van der Waals surface area contributed by atoms with Crippen LogP contribution in [-0.4, -0.2) is 56.9 Å². The number of allylic oxidation sites excluding steroid dienone is 2. The number of rotatable bonds is 5. The van der Waals surface area contributed by atoms with E-state index in [1.165, 1.54) is 4.68 Å². The van der Waals surface area contributed by atoms with Gasteiger partial charge in [-0.25, -0.2) is 14.5 Å². The zero-order valence-corrected chi connectivity index (χ0v) is 14.2. The summed E-state index contributed by atoms with van der Waals surface area (Å²) in [6.07, 6.45) is 0. The maximum Gasteiger partial charge on any atom is 0.375 e. The number of aliphatic hydroxyl groups is 1. The van der Waals surface area contributed by atoms with Crippen molar-refractivity contribution in [2.45, 2.75) is 6.92 Å². The minimum absolute atomic E-state index is 0.0533. The van der Waals surface area contributed by atoms with Gasteiger partial charge in [-0.3, -0.25) is 0 Å². The van der Waals surface area contributed by atoms with Crippen LogP contribution >= 0.6 is 0 Å². The van der Waals surface area contributed by atoms with E-state index in [9.17, 15) is 10.1 Å². The van der Waals surface area contributed by atoms with Gasteiger partial charge in [-0.05, 0) is 31.2 Å². The first-order valence-corrected chi connectivity index (χ1v) is 7.79. The molecule has 0 radical (unpaired) electrons. The molecule has 2 N–H and O–H groups in total. The van der Waals surface area contributed by atoms with Crippen LogP contribution in [0.5, 0.6) is 0 Å². The van der Waals surface area contributed by atoms with Crippen LogP contribution in [0.2, 0.25) is 0 Å². The Bertz CT molecular complexity index is 965. The zero-order chi connectivity index (χ0) is 18.8. The van der Waals surface area contributed by atoms with E-state index in [0.29, 0.717) is 29.2 Å². The molecule has 9 nitrogen and oxygen atoms in total. The van der Waals surface area contributed by atoms with Gasteiger partial charge < -0.3 is 15.1 Å². The lowest BCUT2D eigenvalue weighted by atomic mass is 10.1. The SMILES string of the molecule is CC1=C(C#N)C(=Nc2ccc(N(C)CCO)cc2)c2nc(C(=O)O)nn21. The molecule has 1 aromatic heterocycles. The molecule has 2 heterocycles. The highest BCUT2D eigenvalue weighted by atomic mass is 16.4. The van der Waals surface area contributed by atoms with Crippen molar-refractivity contribution >= 4 is 28.8 Å². The maximum absolute atomic E-state index is 11.1. The Kier molecular flexibility index (Phi) is 4.51. The second-order valence-corrected chi connectivity index (χ2v) is 5.67. The van der Waals surface area contributed by atoms with Crippen molar-refractivity contribution in [1.29, 1.82) is 5.26 Å². The van der Waals surface area contributed by atoms with Gasteiger partial charge in [-0.1, -0.05) is 0 Å². The lowest BCUT2D eigenvalue weighted by Crippen LogP contribution is -2.20. The Morgan fingerprint density at radius 1 is 1.38 bits per heavy atom. The van der Waals surface area contributed by atoms with Gasteiger partial charge in [-0.2, -0.15) is 10.2 Å². The fourth-order valence-corrected chi connectivity index (χ4v) is 2.61. The number of aromatic nitrogens is 3. The summed E-state index contributed by atoms with van der Waals surface area (Å²) in [7, 11) is 1.86. The predicted octanol–water partition coefficient (Wildman–Crippen LogP) is 1.29. The fourth-order valence-electron chi connectivity index (χ4n) is 2.61. The molecule has 0 atom stereocenters. The van der Waals surface area contributed by atoms with E-state index >= 15 is 0 Å². The smallest absolute Gasteiger partial charge is 0.375 e. The molecule has 1 aliphatic rings. The first-order chi connectivity index (χ1) is 12.5. The number of fused-ring (bicyclic) bond motifs is 1. The highest BCUT2D eigenvalue weighted by Gasteiger charge is 2.31. The topological polar surface area (TPSA) is 128 Å². The van der Waals surface area contributed by atoms with E-state index in [2.05, 4.69) is 21.1 Å². The molecule has 1 aromatic carbocycles. The number of carbonyl (C=O) groups is 1. The van der Waals surface area contributed by atoms with Crippen LogP contribution in [0.4, 0.5) is 11.4 Å². The van der Waals surface area contributed by atoms with Gasteiger partial charge in [-0.15, -0.1) is 5.10 Å². The minimum atomic E-state index is -1.24. The highest BCUT2D eigenvalue weighted by molar-refractivity contribution is 6.20. The van der Waals surface area contributed by atoms with Gasteiger partial charge in [0.1, 0.15) is 17.4 Å². The number of aromatic carboxylic acids is 1. The third-order valence-corrected chi connectivity index (χ3v) is 4.01. The van der Waals surface area contributed by atoms with Crippen molar-refractivity contribution in [2.75, 3.05) is 25.1 Å². The third-order valence-electron chi connectivity index (χ3n) is 4.01. The number of aliphatic hydroxyl groups excluding tert-OH is 1. The molecule has 2 aromatic rings. The summed E-state index contributed by atoms with van der Waals surface area (Å²) in [6, 6.07) is 9.32. The number of hydrogen-bond acceptors (Lipinski definition) is 7. The number of aliphatic imine (C=N–C) groups is 1. The second kappa shape index (κ2) is 6.78. The standard InChI is InChI=1S/C17H16N6O3/c1-10-13(9-18)14(16-20-15(17(25)26)21-23(10)16)19-11-3-5-12(6-4-11)22(2)7-8-24/h3-6,24H,7-8H2,1-2H3,(H,25,26). The molecule has 0 spiro atoms. The number of hydrogen-bond donors (Lipinski definition) is 2. The van der Waals surface area contributed by atoms with Crippen LogP contribution in [0.15, 0.2) is 34.8 Å². The summed E-state index contributed by atoms with van der Waals surface area (Å²) < 4.78 is 1.32. The summed E-state index contributed by atoms with van der Waals surface area (Å²) in [4.78, 5) is 21.5. The molecule has 0 fully saturated rings. The van der Waals surface area contributed by atoms with Crippen LogP contribution in [0.3, 0.4) is 0 Å². The zero-order valence-electron chi connectivity index (χ0n) is 14.2. The number of nitriles is 1. The molecule has 0 saturated carbocycles. The van der Waals surface area contributed by atoms with Crippen LogP contribution in [-0.2, 0) is 0 Å². The molecular formula is C17H16N6O3. The molecule has 0 amide bonds. The van der Waals surface area contributed by atoms with E-state index in [4.69, 9.17) is 10.2 Å². The lowest BCUT2D eigenvalue weighted by Gasteiger charge is -2.17. The number of nitrogens with zero attached hydrogens (tertiary/aromatic N) is 6. The summed E-state index contributed by atoms with van der Waals surface area (Å²) in [6.45, 7) is 2.23. The average Bonchev–Trinajstić information content (AvgIpc) is 3.16. The Balaban J connectivity index is 2.01. The monoisotopic (exact) mass is 352 g/mol. The van der Waals surface area contributed by atoms with Gasteiger partial charge in [0.05, 0.1) is 18.0 Å². The normalized spacial score (nSPS) is 14.5. The van der Waals surface area contributed by atoms with Gasteiger partial charge in [0, 0.05) is 19.3 Å². The van der Waals surface area contributed by atoms with E-state index in [1.807, 2.05) is 24.1 Å². The molecule has 0 unspecified atom stereocenters. The first kappa shape index (κ1) is 17.3. The molecule has 1 aliphatic heterocycles. The number of carboxylic acid groups (broad SMARTS) is 1. The summed E-state index contributed by atoms with van der Waals surface area (Å²) >= 11 is 0. The molecular weight excluding hydrogens is 336 g/mol. The van der Waals surface area contributed by atoms with Crippen molar-refractivity contribution < 1.29 is 15.0 Å². The Hall–Kier alpha value is -3.51. The number of likely N-dealkylation sites (N-methyl/N-ethyl adjacent to an activating group) is 1. The number of benzene rings is 1. The Morgan fingerprint density at radius 2 is 2.08 bits per heavy atom. The largest absolute Gasteiger partial charge is 0.475 e. The molecule has 9 heteroatoms. The van der Waals surface area contributed by atoms with Crippen molar-refractivity contribution in [3.05, 3.63) is 41.5 Å². The van der Waals surface area contributed by atoms with Crippen molar-refractivity contribution in [1.82, 2.24) is 14.8 Å². The van der Waals surface area contributed by atoms with E-state index in [0.717, 1.165) is 5.69 Å². The average molecular weight is 352 g/mol. The third kappa shape index (κ3) is 2.94. The van der Waals surface area contributed by atoms with Gasteiger partial charge in [0.15, 0.2) is 5.82 Å². The van der Waals surface area contributed by atoms with Crippen molar-refractivity contribution in [2.24, 2.45) is 4.99 Å². The predicted molar refractivity (Wildman–Crippen MR) is 94.5 cm³/mol. The number of carboxylic acids is 1. The Morgan fingerprint density at radius 3 is 2.65 bits per heavy atom. The molecule has 3 rings (SSSR count). The van der Waals surface area contributed by atoms with E-state index in [-0.39, 0.29) is 18.3 Å². The van der Waals surface area contributed by atoms with Gasteiger partial charge >= 0.3 is 5.97 Å². The van der Waals surface area contributed by atoms with Crippen LogP contribution in [0, 0.1) is 11.3 Å². The second-order valence-electron chi connectivity index (χ2n) is 5.67. The van der Waals surface area contributed by atoms with Gasteiger partial charge in [0.25, 0.3) is 5.82 Å². The quantitative estimate of drug-likeness (QED) is 0.830. The molecule has 0 bridgehead atoms. The highest BCUT2D eigenvalue weighted by Crippen LogP contribution is 2.28. The van der Waals surface area contributed by atoms with E-state index < -0.39 is 5.97 Å². The Labute approximate surface area is 149 Å². The van der Waals surface area contributed by atoms with Crippen LogP contribution in [0.1, 0.15) is 23.4 Å². The van der Waals surface area contributed by atoms with Gasteiger partial charge in [0.2, 0.25) is 0 Å². The minimum Gasteiger partial charge on any atom is -0.475 e. The molecule has 26 heavy (non-hydrogen) atoms. The first-order valence-electron chi connectivity index (χ1n) is 7.79. The van der Waals surface area contributed by atoms with E-state index in [1.54, 1.807) is 19.1 Å². The van der Waals surface area contributed by atoms with Crippen LogP contribution in [0.25, 0.3) is 5.70 Å². The lowest BCUT2D eigenvalue weighted by molar-refractivity contribution is 0.0683. The van der Waals surface area contributed by atoms with Crippen molar-refractivity contribution in [3.8, 4) is 6.07 Å². The summed E-state index contributed by atoms with van der Waals surface area (Å²) in [5, 5.41) is 31.4. The molecule has 132 valence electrons. The van der Waals surface area contributed by atoms with Crippen LogP contribution < -0.4 is 4.90 Å².